The van der Waals surface area contributed by atoms with Crippen molar-refractivity contribution < 1.29 is 8.78 Å². The first-order valence-corrected chi connectivity index (χ1v) is 4.61. The Balaban J connectivity index is 2.96. The molecule has 1 nitrogen and oxygen atoms in total. The van der Waals surface area contributed by atoms with Crippen molar-refractivity contribution in [3.05, 3.63) is 35.4 Å². The number of rotatable bonds is 3. The minimum atomic E-state index is -2.68. The highest BCUT2D eigenvalue weighted by Crippen LogP contribution is 2.24. The summed E-state index contributed by atoms with van der Waals surface area (Å²) in [6.07, 6.45) is -0.245. The van der Waals surface area contributed by atoms with Crippen LogP contribution in [0, 0.1) is 0 Å². The third-order valence-electron chi connectivity index (χ3n) is 2.05. The highest BCUT2D eigenvalue weighted by atomic mass is 19.3. The molecule has 0 radical (unpaired) electrons. The summed E-state index contributed by atoms with van der Waals surface area (Å²) in [6.45, 7) is 2.72. The van der Waals surface area contributed by atoms with Gasteiger partial charge in [-0.15, -0.1) is 0 Å². The molecule has 0 heterocycles. The van der Waals surface area contributed by atoms with Gasteiger partial charge in [0.05, 0.1) is 0 Å². The van der Waals surface area contributed by atoms with Crippen molar-refractivity contribution in [1.29, 1.82) is 0 Å². The molecule has 0 aromatic heterocycles. The molecule has 0 aliphatic rings. The number of benzene rings is 1. The monoisotopic (exact) mass is 199 g/mol. The van der Waals surface area contributed by atoms with E-state index in [-0.39, 0.29) is 12.5 Å². The van der Waals surface area contributed by atoms with Gasteiger partial charge in [0.15, 0.2) is 0 Å². The Kier molecular flexibility index (Phi) is 3.21. The molecule has 3 heteroatoms. The topological polar surface area (TPSA) is 26.0 Å². The minimum absolute atomic E-state index is 0.200. The van der Waals surface area contributed by atoms with E-state index in [1.165, 1.54) is 0 Å². The molecule has 0 spiro atoms. The van der Waals surface area contributed by atoms with Gasteiger partial charge in [-0.05, 0) is 25.0 Å². The van der Waals surface area contributed by atoms with Gasteiger partial charge >= 0.3 is 0 Å². The summed E-state index contributed by atoms with van der Waals surface area (Å²) in [5, 5.41) is 0. The molecule has 0 saturated heterocycles. The summed E-state index contributed by atoms with van der Waals surface area (Å²) in [7, 11) is 0. The largest absolute Gasteiger partial charge is 0.324 e. The van der Waals surface area contributed by atoms with Crippen LogP contribution in [-0.2, 0) is 6.42 Å². The van der Waals surface area contributed by atoms with Crippen LogP contribution in [0.15, 0.2) is 24.3 Å². The summed E-state index contributed by atoms with van der Waals surface area (Å²) in [4.78, 5) is 0. The predicted molar refractivity (Wildman–Crippen MR) is 53.4 cm³/mol. The molecule has 0 bridgehead atoms. The number of hydrogen-bond acceptors (Lipinski definition) is 1. The molecule has 14 heavy (non-hydrogen) atoms. The maximum Gasteiger partial charge on any atom is 0.249 e. The minimum Gasteiger partial charge on any atom is -0.324 e. The van der Waals surface area contributed by atoms with Crippen molar-refractivity contribution in [3.8, 4) is 0 Å². The highest BCUT2D eigenvalue weighted by Gasteiger charge is 2.23. The maximum absolute atomic E-state index is 12.8. The van der Waals surface area contributed by atoms with Crippen LogP contribution in [0.5, 0.6) is 0 Å². The van der Waals surface area contributed by atoms with Gasteiger partial charge in [0.25, 0.3) is 0 Å². The third-order valence-corrected chi connectivity index (χ3v) is 2.05. The zero-order chi connectivity index (χ0) is 10.8. The summed E-state index contributed by atoms with van der Waals surface area (Å²) in [6, 6.07) is 6.87. The molecule has 1 aromatic carbocycles. The Morgan fingerprint density at radius 1 is 1.36 bits per heavy atom. The van der Waals surface area contributed by atoms with Crippen LogP contribution in [-0.4, -0.2) is 5.92 Å². The van der Waals surface area contributed by atoms with Gasteiger partial charge in [0.1, 0.15) is 0 Å². The average Bonchev–Trinajstić information content (AvgIpc) is 2.01. The van der Waals surface area contributed by atoms with Crippen LogP contribution in [0.25, 0.3) is 0 Å². The maximum atomic E-state index is 12.8. The van der Waals surface area contributed by atoms with E-state index in [0.717, 1.165) is 12.5 Å². The van der Waals surface area contributed by atoms with Gasteiger partial charge in [-0.2, -0.15) is 0 Å². The molecular formula is C11H15F2N. The molecule has 0 fully saturated rings. The van der Waals surface area contributed by atoms with E-state index in [1.807, 2.05) is 6.07 Å². The van der Waals surface area contributed by atoms with Crippen molar-refractivity contribution in [2.45, 2.75) is 32.2 Å². The molecule has 1 rings (SSSR count). The first-order valence-electron chi connectivity index (χ1n) is 4.61. The lowest BCUT2D eigenvalue weighted by molar-refractivity contribution is 0.0224. The first kappa shape index (κ1) is 11.1. The molecule has 78 valence electrons. The van der Waals surface area contributed by atoms with E-state index in [9.17, 15) is 8.78 Å². The fourth-order valence-corrected chi connectivity index (χ4v) is 1.47. The second kappa shape index (κ2) is 4.05. The van der Waals surface area contributed by atoms with Gasteiger partial charge in [-0.25, -0.2) is 8.78 Å². The van der Waals surface area contributed by atoms with Crippen LogP contribution in [0.3, 0.4) is 0 Å². The molecule has 2 N–H and O–H groups in total. The van der Waals surface area contributed by atoms with Crippen LogP contribution >= 0.6 is 0 Å². The third kappa shape index (κ3) is 3.07. The molecule has 0 saturated carbocycles. The fraction of sp³-hybridized carbons (Fsp3) is 0.455. The van der Waals surface area contributed by atoms with Gasteiger partial charge in [-0.3, -0.25) is 0 Å². The average molecular weight is 199 g/mol. The number of hydrogen-bond donors (Lipinski definition) is 1. The van der Waals surface area contributed by atoms with Crippen LogP contribution < -0.4 is 5.73 Å². The Labute approximate surface area is 82.9 Å². The van der Waals surface area contributed by atoms with E-state index in [1.54, 1.807) is 25.1 Å². The molecular weight excluding hydrogens is 184 g/mol. The van der Waals surface area contributed by atoms with Crippen molar-refractivity contribution in [1.82, 2.24) is 0 Å². The normalized spacial score (nSPS) is 14.1. The summed E-state index contributed by atoms with van der Waals surface area (Å²) in [5.41, 5.74) is 7.12. The van der Waals surface area contributed by atoms with Crippen LogP contribution in [0.2, 0.25) is 0 Å². The van der Waals surface area contributed by atoms with Crippen molar-refractivity contribution in [3.63, 3.8) is 0 Å². The lowest BCUT2D eigenvalue weighted by Gasteiger charge is -2.15. The second-order valence-corrected chi connectivity index (χ2v) is 3.73. The zero-order valence-electron chi connectivity index (χ0n) is 8.43. The number of halogens is 2. The summed E-state index contributed by atoms with van der Waals surface area (Å²) < 4.78 is 25.6. The quantitative estimate of drug-likeness (QED) is 0.795. The predicted octanol–water partition coefficient (Wildman–Crippen LogP) is 2.90. The van der Waals surface area contributed by atoms with Crippen molar-refractivity contribution in [2.24, 2.45) is 5.73 Å². The van der Waals surface area contributed by atoms with Gasteiger partial charge in [0, 0.05) is 12.5 Å². The Morgan fingerprint density at radius 2 is 1.93 bits per heavy atom. The Bertz CT molecular complexity index is 302. The molecule has 1 aromatic rings. The molecule has 1 atom stereocenters. The summed E-state index contributed by atoms with van der Waals surface area (Å²) >= 11 is 0. The second-order valence-electron chi connectivity index (χ2n) is 3.73. The van der Waals surface area contributed by atoms with E-state index < -0.39 is 5.92 Å². The number of alkyl halides is 2. The molecule has 0 amide bonds. The van der Waals surface area contributed by atoms with Gasteiger partial charge < -0.3 is 5.73 Å². The zero-order valence-corrected chi connectivity index (χ0v) is 8.43. The highest BCUT2D eigenvalue weighted by molar-refractivity contribution is 5.30. The first-order chi connectivity index (χ1) is 6.40. The molecule has 0 aliphatic heterocycles. The van der Waals surface area contributed by atoms with Crippen LogP contribution in [0.1, 0.15) is 31.0 Å². The smallest absolute Gasteiger partial charge is 0.249 e. The van der Waals surface area contributed by atoms with E-state index in [2.05, 4.69) is 0 Å². The lowest BCUT2D eigenvalue weighted by atomic mass is 9.97. The molecule has 0 aliphatic carbocycles. The number of nitrogens with two attached hydrogens (primary N) is 1. The molecule has 1 unspecified atom stereocenters. The van der Waals surface area contributed by atoms with Gasteiger partial charge in [-0.1, -0.05) is 24.3 Å². The van der Waals surface area contributed by atoms with Crippen molar-refractivity contribution in [2.75, 3.05) is 0 Å². The van der Waals surface area contributed by atoms with Crippen LogP contribution in [0.4, 0.5) is 8.78 Å². The summed E-state index contributed by atoms with van der Waals surface area (Å²) in [5.74, 6) is -2.68. The van der Waals surface area contributed by atoms with E-state index in [0.29, 0.717) is 5.56 Å². The van der Waals surface area contributed by atoms with Gasteiger partial charge in [0.2, 0.25) is 5.92 Å². The Hall–Kier alpha value is -0.960. The lowest BCUT2D eigenvalue weighted by Crippen LogP contribution is -2.17. The fourth-order valence-electron chi connectivity index (χ4n) is 1.47. The van der Waals surface area contributed by atoms with Crippen molar-refractivity contribution >= 4 is 0 Å². The SMILES string of the molecule is CC(N)c1ccccc1CC(C)(F)F. The Morgan fingerprint density at radius 3 is 2.43 bits per heavy atom. The standard InChI is InChI=1S/C11H15F2N/c1-8(14)10-6-4-3-5-9(10)7-11(2,12)13/h3-6,8H,7,14H2,1-2H3. The van der Waals surface area contributed by atoms with E-state index in [4.69, 9.17) is 5.73 Å². The van der Waals surface area contributed by atoms with E-state index >= 15 is 0 Å².